The summed E-state index contributed by atoms with van der Waals surface area (Å²) in [6.45, 7) is 5.75. The summed E-state index contributed by atoms with van der Waals surface area (Å²) in [5.41, 5.74) is 7.16. The van der Waals surface area contributed by atoms with E-state index >= 15 is 0 Å². The highest BCUT2D eigenvalue weighted by Crippen LogP contribution is 2.16. The lowest BCUT2D eigenvalue weighted by molar-refractivity contribution is 0.123. The smallest absolute Gasteiger partial charge is 0.265 e. The van der Waals surface area contributed by atoms with Gasteiger partial charge in [-0.05, 0) is 34.8 Å². The van der Waals surface area contributed by atoms with E-state index in [0.29, 0.717) is 23.3 Å². The van der Waals surface area contributed by atoms with Gasteiger partial charge in [0.2, 0.25) is 0 Å². The van der Waals surface area contributed by atoms with E-state index in [1.165, 1.54) is 0 Å². The van der Waals surface area contributed by atoms with Crippen LogP contribution >= 0.6 is 15.9 Å². The molecule has 1 aromatic rings. The number of halogens is 1. The first kappa shape index (κ1) is 14.3. The van der Waals surface area contributed by atoms with Crippen molar-refractivity contribution in [1.82, 2.24) is 4.57 Å². The van der Waals surface area contributed by atoms with Gasteiger partial charge in [-0.15, -0.1) is 0 Å². The Morgan fingerprint density at radius 1 is 1.47 bits per heavy atom. The van der Waals surface area contributed by atoms with E-state index < -0.39 is 0 Å². The third-order valence-corrected chi connectivity index (χ3v) is 3.56. The monoisotopic (exact) mass is 302 g/mol. The van der Waals surface area contributed by atoms with E-state index in [0.717, 1.165) is 25.0 Å². The molecular formula is C12H19BrN2O2. The summed E-state index contributed by atoms with van der Waals surface area (Å²) in [6.07, 6.45) is 3.84. The maximum absolute atomic E-state index is 11.9. The minimum atomic E-state index is -0.0595. The van der Waals surface area contributed by atoms with Gasteiger partial charge in [0.1, 0.15) is 0 Å². The van der Waals surface area contributed by atoms with Crippen molar-refractivity contribution in [3.63, 3.8) is 0 Å². The first-order valence-electron chi connectivity index (χ1n) is 5.80. The molecule has 0 bridgehead atoms. The molecule has 1 aromatic heterocycles. The second-order valence-electron chi connectivity index (χ2n) is 3.99. The Morgan fingerprint density at radius 2 is 2.18 bits per heavy atom. The van der Waals surface area contributed by atoms with E-state index in [9.17, 15) is 4.79 Å². The Bertz CT molecular complexity index is 429. The minimum Gasteiger partial charge on any atom is -0.397 e. The second-order valence-corrected chi connectivity index (χ2v) is 4.78. The number of hydrogen-bond acceptors (Lipinski definition) is 3. The maximum Gasteiger partial charge on any atom is 0.265 e. The van der Waals surface area contributed by atoms with Gasteiger partial charge in [-0.25, -0.2) is 0 Å². The van der Waals surface area contributed by atoms with Crippen LogP contribution in [0.1, 0.15) is 25.3 Å². The van der Waals surface area contributed by atoms with Crippen molar-refractivity contribution < 1.29 is 4.74 Å². The average molecular weight is 303 g/mol. The Labute approximate surface area is 110 Å². The lowest BCUT2D eigenvalue weighted by Gasteiger charge is -2.10. The largest absolute Gasteiger partial charge is 0.397 e. The molecule has 0 saturated carbocycles. The number of anilines is 1. The molecule has 5 heteroatoms. The fourth-order valence-electron chi connectivity index (χ4n) is 1.41. The Kier molecular flexibility index (Phi) is 5.71. The average Bonchev–Trinajstić information content (AvgIpc) is 2.32. The van der Waals surface area contributed by atoms with E-state index in [4.69, 9.17) is 10.5 Å². The highest BCUT2D eigenvalue weighted by atomic mass is 79.9. The van der Waals surface area contributed by atoms with Gasteiger partial charge in [-0.1, -0.05) is 13.3 Å². The molecule has 0 fully saturated rings. The van der Waals surface area contributed by atoms with Crippen molar-refractivity contribution >= 4 is 21.6 Å². The molecule has 0 atom stereocenters. The molecule has 96 valence electrons. The van der Waals surface area contributed by atoms with Crippen LogP contribution in [0.15, 0.2) is 15.5 Å². The Morgan fingerprint density at radius 3 is 2.82 bits per heavy atom. The van der Waals surface area contributed by atoms with Crippen molar-refractivity contribution in [1.29, 1.82) is 0 Å². The number of nitrogen functional groups attached to an aromatic ring is 1. The van der Waals surface area contributed by atoms with Crippen LogP contribution in [0.3, 0.4) is 0 Å². The van der Waals surface area contributed by atoms with E-state index in [1.54, 1.807) is 10.8 Å². The van der Waals surface area contributed by atoms with Gasteiger partial charge in [0.05, 0.1) is 16.8 Å². The lowest BCUT2D eigenvalue weighted by Crippen LogP contribution is -2.24. The molecule has 17 heavy (non-hydrogen) atoms. The second kappa shape index (κ2) is 6.81. The summed E-state index contributed by atoms with van der Waals surface area (Å²) in [5.74, 6) is 0. The van der Waals surface area contributed by atoms with Crippen LogP contribution in [0.4, 0.5) is 5.69 Å². The number of ether oxygens (including phenoxy) is 1. The molecule has 0 aliphatic carbocycles. The molecule has 0 spiro atoms. The van der Waals surface area contributed by atoms with Crippen LogP contribution in [0.5, 0.6) is 0 Å². The molecule has 2 N–H and O–H groups in total. The zero-order valence-corrected chi connectivity index (χ0v) is 11.9. The Balaban J connectivity index is 2.63. The summed E-state index contributed by atoms with van der Waals surface area (Å²) < 4.78 is 7.54. The SMILES string of the molecule is CCCCOCCn1cc(N)c(C)c(Br)c1=O. The van der Waals surface area contributed by atoms with E-state index in [-0.39, 0.29) is 5.56 Å². The van der Waals surface area contributed by atoms with Crippen LogP contribution in [-0.2, 0) is 11.3 Å². The number of unbranched alkanes of at least 4 members (excludes halogenated alkanes) is 1. The Hall–Kier alpha value is -0.810. The predicted octanol–water partition coefficient (Wildman–Crippen LogP) is 2.32. The molecule has 4 nitrogen and oxygen atoms in total. The van der Waals surface area contributed by atoms with E-state index in [2.05, 4.69) is 22.9 Å². The minimum absolute atomic E-state index is 0.0595. The standard InChI is InChI=1S/C12H19BrN2O2/c1-3-4-6-17-7-5-15-8-10(14)9(2)11(13)12(15)16/h8H,3-7,14H2,1-2H3. The molecule has 0 radical (unpaired) electrons. The van der Waals surface area contributed by atoms with Crippen molar-refractivity contribution in [2.75, 3.05) is 18.9 Å². The third-order valence-electron chi connectivity index (χ3n) is 2.62. The van der Waals surface area contributed by atoms with Gasteiger partial charge < -0.3 is 15.0 Å². The molecule has 0 aromatic carbocycles. The lowest BCUT2D eigenvalue weighted by atomic mass is 10.2. The normalized spacial score (nSPS) is 10.8. The number of pyridine rings is 1. The summed E-state index contributed by atoms with van der Waals surface area (Å²) in [4.78, 5) is 11.9. The molecule has 1 rings (SSSR count). The first-order chi connectivity index (χ1) is 8.07. The van der Waals surface area contributed by atoms with Crippen LogP contribution in [-0.4, -0.2) is 17.8 Å². The summed E-state index contributed by atoms with van der Waals surface area (Å²) >= 11 is 3.26. The summed E-state index contributed by atoms with van der Waals surface area (Å²) in [7, 11) is 0. The number of nitrogens with zero attached hydrogens (tertiary/aromatic N) is 1. The maximum atomic E-state index is 11.9. The number of hydrogen-bond donors (Lipinski definition) is 1. The number of aromatic nitrogens is 1. The highest BCUT2D eigenvalue weighted by Gasteiger charge is 2.07. The van der Waals surface area contributed by atoms with Crippen molar-refractivity contribution in [2.45, 2.75) is 33.2 Å². The van der Waals surface area contributed by atoms with Gasteiger partial charge >= 0.3 is 0 Å². The molecular weight excluding hydrogens is 284 g/mol. The summed E-state index contributed by atoms with van der Waals surface area (Å²) in [5, 5.41) is 0. The van der Waals surface area contributed by atoms with Gasteiger partial charge in [0.15, 0.2) is 0 Å². The molecule has 0 unspecified atom stereocenters. The van der Waals surface area contributed by atoms with Crippen LogP contribution in [0.2, 0.25) is 0 Å². The van der Waals surface area contributed by atoms with Gasteiger partial charge in [-0.2, -0.15) is 0 Å². The quantitative estimate of drug-likeness (QED) is 0.821. The molecule has 0 saturated heterocycles. The fraction of sp³-hybridized carbons (Fsp3) is 0.583. The first-order valence-corrected chi connectivity index (χ1v) is 6.60. The molecule has 1 heterocycles. The molecule has 0 aliphatic heterocycles. The van der Waals surface area contributed by atoms with Crippen LogP contribution in [0, 0.1) is 6.92 Å². The topological polar surface area (TPSA) is 57.2 Å². The fourth-order valence-corrected chi connectivity index (χ4v) is 1.87. The zero-order chi connectivity index (χ0) is 12.8. The third kappa shape index (κ3) is 3.85. The van der Waals surface area contributed by atoms with Crippen LogP contribution < -0.4 is 11.3 Å². The van der Waals surface area contributed by atoms with Crippen LogP contribution in [0.25, 0.3) is 0 Å². The number of rotatable bonds is 6. The molecule has 0 amide bonds. The van der Waals surface area contributed by atoms with Crippen molar-refractivity contribution in [3.05, 3.63) is 26.6 Å². The van der Waals surface area contributed by atoms with Gasteiger partial charge in [-0.3, -0.25) is 4.79 Å². The zero-order valence-electron chi connectivity index (χ0n) is 10.3. The van der Waals surface area contributed by atoms with Crippen molar-refractivity contribution in [2.24, 2.45) is 0 Å². The van der Waals surface area contributed by atoms with E-state index in [1.807, 2.05) is 6.92 Å². The summed E-state index contributed by atoms with van der Waals surface area (Å²) in [6, 6.07) is 0. The van der Waals surface area contributed by atoms with Crippen molar-refractivity contribution in [3.8, 4) is 0 Å². The predicted molar refractivity (Wildman–Crippen MR) is 73.3 cm³/mol. The van der Waals surface area contributed by atoms with Gasteiger partial charge in [0, 0.05) is 19.3 Å². The number of nitrogens with two attached hydrogens (primary N) is 1. The highest BCUT2D eigenvalue weighted by molar-refractivity contribution is 9.10. The van der Waals surface area contributed by atoms with Gasteiger partial charge in [0.25, 0.3) is 5.56 Å². The molecule has 0 aliphatic rings.